The topological polar surface area (TPSA) is 85.4 Å². The molecule has 144 valence electrons. The summed E-state index contributed by atoms with van der Waals surface area (Å²) in [5.41, 5.74) is 1.35. The van der Waals surface area contributed by atoms with Crippen LogP contribution in [-0.2, 0) is 4.79 Å². The van der Waals surface area contributed by atoms with Crippen LogP contribution in [0.15, 0.2) is 40.6 Å². The van der Waals surface area contributed by atoms with Crippen molar-refractivity contribution in [1.82, 2.24) is 15.2 Å². The fourth-order valence-electron chi connectivity index (χ4n) is 3.20. The van der Waals surface area contributed by atoms with Gasteiger partial charge < -0.3 is 20.3 Å². The standard InChI is InChI=1S/C20H25N3O3S/c1-4-23-8-6-5-7-13(9-14(23)12-24)10-16-18(26)22-19(27-16)15-11-21-20(2,3)17(15)25/h5,7,9-10,12,21,24H,4,6,8,11H2,1-3H3,(H,22,26)/b7-5-,13-9+,14-12-,16-10-,19-15+. The molecule has 3 N–H and O–H groups in total. The van der Waals surface area contributed by atoms with Gasteiger partial charge in [-0.3, -0.25) is 9.59 Å². The number of rotatable bonds is 2. The number of hydrogen-bond acceptors (Lipinski definition) is 6. The second-order valence-electron chi connectivity index (χ2n) is 7.15. The Kier molecular flexibility index (Phi) is 5.53. The number of nitrogens with one attached hydrogen (secondary N) is 2. The van der Waals surface area contributed by atoms with Gasteiger partial charge in [0.2, 0.25) is 0 Å². The number of carbonyl (C=O) groups is 1. The van der Waals surface area contributed by atoms with Crippen LogP contribution in [-0.4, -0.2) is 45.9 Å². The Hall–Kier alpha value is -2.38. The van der Waals surface area contributed by atoms with Gasteiger partial charge in [0.05, 0.1) is 15.8 Å². The molecular weight excluding hydrogens is 362 g/mol. The number of H-pyrrole nitrogens is 1. The molecule has 27 heavy (non-hydrogen) atoms. The average Bonchev–Trinajstić information content (AvgIpc) is 3.10. The summed E-state index contributed by atoms with van der Waals surface area (Å²) in [6.45, 7) is 7.79. The number of hydrogen-bond donors (Lipinski definition) is 3. The molecule has 2 aliphatic rings. The van der Waals surface area contributed by atoms with Gasteiger partial charge in [-0.1, -0.05) is 12.2 Å². The van der Waals surface area contributed by atoms with Crippen LogP contribution in [0.2, 0.25) is 0 Å². The first-order chi connectivity index (χ1) is 12.9. The van der Waals surface area contributed by atoms with Crippen LogP contribution in [0.5, 0.6) is 0 Å². The van der Waals surface area contributed by atoms with Crippen LogP contribution in [0, 0.1) is 0 Å². The van der Waals surface area contributed by atoms with E-state index in [1.54, 1.807) is 6.08 Å². The lowest BCUT2D eigenvalue weighted by atomic mass is 10.00. The normalized spacial score (nSPS) is 27.4. The van der Waals surface area contributed by atoms with Crippen LogP contribution >= 0.6 is 11.3 Å². The van der Waals surface area contributed by atoms with Crippen LogP contribution in [0.4, 0.5) is 0 Å². The highest BCUT2D eigenvalue weighted by Crippen LogP contribution is 2.18. The van der Waals surface area contributed by atoms with Gasteiger partial charge in [-0.2, -0.15) is 0 Å². The first-order valence-corrected chi connectivity index (χ1v) is 9.89. The molecule has 0 unspecified atom stereocenters. The quantitative estimate of drug-likeness (QED) is 0.658. The molecule has 1 fully saturated rings. The summed E-state index contributed by atoms with van der Waals surface area (Å²) in [4.78, 5) is 29.8. The zero-order valence-corrected chi connectivity index (χ0v) is 16.7. The first kappa shape index (κ1) is 19.4. The van der Waals surface area contributed by atoms with Crippen molar-refractivity contribution in [2.45, 2.75) is 32.7 Å². The number of allylic oxidation sites excluding steroid dienone is 3. The van der Waals surface area contributed by atoms with Gasteiger partial charge in [-0.25, -0.2) is 0 Å². The second kappa shape index (κ2) is 7.70. The number of aromatic nitrogens is 1. The molecule has 0 aromatic carbocycles. The summed E-state index contributed by atoms with van der Waals surface area (Å²) in [6.07, 6.45) is 9.62. The Morgan fingerprint density at radius 1 is 1.37 bits per heavy atom. The molecule has 0 saturated carbocycles. The third-order valence-corrected chi connectivity index (χ3v) is 5.93. The van der Waals surface area contributed by atoms with Crippen molar-refractivity contribution in [3.05, 3.63) is 55.3 Å². The SMILES string of the molecule is CCN1CC\C=C/C(/C=c2\s/c(=C3\CNC(C)(C)C3=O)[nH]c2=O)=C\C1=C\O. The second-order valence-corrected chi connectivity index (χ2v) is 8.20. The van der Waals surface area contributed by atoms with Crippen molar-refractivity contribution in [2.24, 2.45) is 0 Å². The lowest BCUT2D eigenvalue weighted by Gasteiger charge is -2.24. The van der Waals surface area contributed by atoms with Crippen LogP contribution < -0.4 is 20.1 Å². The molecule has 0 spiro atoms. The number of nitrogens with zero attached hydrogens (tertiary/aromatic N) is 1. The lowest BCUT2D eigenvalue weighted by Crippen LogP contribution is -2.38. The summed E-state index contributed by atoms with van der Waals surface area (Å²) in [7, 11) is 0. The number of likely N-dealkylation sites (N-methyl/N-ethyl adjacent to an activating group) is 1. The zero-order valence-electron chi connectivity index (χ0n) is 15.8. The molecule has 0 radical (unpaired) electrons. The number of carbonyl (C=O) groups excluding carboxylic acids is 1. The summed E-state index contributed by atoms with van der Waals surface area (Å²) < 4.78 is 1.14. The minimum atomic E-state index is -0.602. The van der Waals surface area contributed by atoms with Crippen molar-refractivity contribution < 1.29 is 9.90 Å². The van der Waals surface area contributed by atoms with E-state index in [9.17, 15) is 14.7 Å². The van der Waals surface area contributed by atoms with Crippen molar-refractivity contribution in [1.29, 1.82) is 0 Å². The molecule has 3 rings (SSSR count). The monoisotopic (exact) mass is 387 g/mol. The maximum atomic E-state index is 12.5. The first-order valence-electron chi connectivity index (χ1n) is 9.07. The van der Waals surface area contributed by atoms with E-state index in [0.29, 0.717) is 27.0 Å². The molecular formula is C20H25N3O3S. The highest BCUT2D eigenvalue weighted by molar-refractivity contribution is 7.07. The third kappa shape index (κ3) is 3.99. The lowest BCUT2D eigenvalue weighted by molar-refractivity contribution is -0.117. The Balaban J connectivity index is 2.07. The van der Waals surface area contributed by atoms with E-state index in [2.05, 4.69) is 21.3 Å². The van der Waals surface area contributed by atoms with Crippen molar-refractivity contribution in [3.8, 4) is 0 Å². The molecule has 0 amide bonds. The Labute approximate surface area is 161 Å². The van der Waals surface area contributed by atoms with Gasteiger partial charge in [0.15, 0.2) is 5.78 Å². The smallest absolute Gasteiger partial charge is 0.266 e. The van der Waals surface area contributed by atoms with Crippen LogP contribution in [0.1, 0.15) is 27.2 Å². The molecule has 0 aliphatic carbocycles. The number of aromatic amines is 1. The number of ketones is 1. The number of Topliss-reactive ketones (excluding diaryl/α,β-unsaturated/α-hetero) is 1. The molecule has 2 aliphatic heterocycles. The van der Waals surface area contributed by atoms with Gasteiger partial charge in [0.25, 0.3) is 5.56 Å². The Bertz CT molecular complexity index is 1010. The number of aliphatic hydroxyl groups is 1. The van der Waals surface area contributed by atoms with Crippen molar-refractivity contribution in [3.63, 3.8) is 0 Å². The zero-order chi connectivity index (χ0) is 19.6. The van der Waals surface area contributed by atoms with Gasteiger partial charge in [0.1, 0.15) is 10.9 Å². The van der Waals surface area contributed by atoms with E-state index in [-0.39, 0.29) is 11.3 Å². The summed E-state index contributed by atoms with van der Waals surface area (Å²) in [5, 5.41) is 12.7. The molecule has 7 heteroatoms. The third-order valence-electron chi connectivity index (χ3n) is 4.85. The Morgan fingerprint density at radius 2 is 2.15 bits per heavy atom. The fraction of sp³-hybridized carbons (Fsp3) is 0.400. The molecule has 0 bridgehead atoms. The van der Waals surface area contributed by atoms with Crippen LogP contribution in [0.25, 0.3) is 11.6 Å². The summed E-state index contributed by atoms with van der Waals surface area (Å²) >= 11 is 1.29. The molecule has 1 aromatic heterocycles. The van der Waals surface area contributed by atoms with Gasteiger partial charge in [0, 0.05) is 25.2 Å². The van der Waals surface area contributed by atoms with Gasteiger partial charge >= 0.3 is 0 Å². The molecule has 1 saturated heterocycles. The number of aliphatic hydroxyl groups excluding tert-OH is 1. The van der Waals surface area contributed by atoms with Gasteiger partial charge in [-0.05, 0) is 44.9 Å². The maximum Gasteiger partial charge on any atom is 0.266 e. The summed E-state index contributed by atoms with van der Waals surface area (Å²) in [5.74, 6) is 0.0145. The van der Waals surface area contributed by atoms with E-state index >= 15 is 0 Å². The van der Waals surface area contributed by atoms with Gasteiger partial charge in [-0.15, -0.1) is 11.3 Å². The van der Waals surface area contributed by atoms with Crippen molar-refractivity contribution >= 4 is 28.8 Å². The van der Waals surface area contributed by atoms with Crippen molar-refractivity contribution in [2.75, 3.05) is 19.6 Å². The van der Waals surface area contributed by atoms with E-state index in [1.807, 2.05) is 32.9 Å². The minimum Gasteiger partial charge on any atom is -0.513 e. The molecule has 1 aromatic rings. The molecule has 3 heterocycles. The minimum absolute atomic E-state index is 0.0145. The Morgan fingerprint density at radius 3 is 2.78 bits per heavy atom. The highest BCUT2D eigenvalue weighted by atomic mass is 32.1. The molecule has 0 atom stereocenters. The maximum absolute atomic E-state index is 12.5. The van der Waals surface area contributed by atoms with Crippen LogP contribution in [0.3, 0.4) is 0 Å². The van der Waals surface area contributed by atoms with E-state index in [4.69, 9.17) is 0 Å². The van der Waals surface area contributed by atoms with E-state index in [1.165, 1.54) is 11.3 Å². The van der Waals surface area contributed by atoms with E-state index in [0.717, 1.165) is 31.3 Å². The summed E-state index contributed by atoms with van der Waals surface area (Å²) in [6, 6.07) is 0. The largest absolute Gasteiger partial charge is 0.513 e. The fourth-order valence-corrected chi connectivity index (χ4v) is 4.19. The number of thiazole rings is 1. The average molecular weight is 388 g/mol. The van der Waals surface area contributed by atoms with E-state index < -0.39 is 5.54 Å². The highest BCUT2D eigenvalue weighted by Gasteiger charge is 2.36. The predicted molar refractivity (Wildman–Crippen MR) is 109 cm³/mol. The molecule has 6 nitrogen and oxygen atoms in total. The predicted octanol–water partition coefficient (Wildman–Crippen LogP) is 0.926.